The molecule has 0 atom stereocenters. The zero-order valence-corrected chi connectivity index (χ0v) is 15.8. The number of benzene rings is 3. The van der Waals surface area contributed by atoms with E-state index in [4.69, 9.17) is 10.8 Å². The van der Waals surface area contributed by atoms with Gasteiger partial charge in [0.15, 0.2) is 0 Å². The van der Waals surface area contributed by atoms with Gasteiger partial charge in [-0.3, -0.25) is 9.79 Å². The lowest BCUT2D eigenvalue weighted by atomic mass is 9.97. The first-order chi connectivity index (χ1) is 14.1. The standard InChI is InChI=1S/C23H22FN3O2/c24-21-9-2-1-5-18(21)14-26-15-20-19(8-4-10-22(20)25)16-6-3-7-17(13-16)23(29)27-11-12-28/h1-10,13,15,28H,11-12,14,25H2,(H,27,29). The first-order valence-electron chi connectivity index (χ1n) is 9.21. The third kappa shape index (κ3) is 5.06. The summed E-state index contributed by atoms with van der Waals surface area (Å²) >= 11 is 0. The number of carbonyl (C=O) groups excluding carboxylic acids is 1. The highest BCUT2D eigenvalue weighted by Gasteiger charge is 2.10. The Morgan fingerprint density at radius 2 is 1.90 bits per heavy atom. The third-order valence-electron chi connectivity index (χ3n) is 4.41. The molecule has 0 unspecified atom stereocenters. The number of anilines is 1. The predicted octanol–water partition coefficient (Wildman–Crippen LogP) is 3.42. The van der Waals surface area contributed by atoms with Crippen LogP contribution in [0.1, 0.15) is 21.5 Å². The number of hydrogen-bond acceptors (Lipinski definition) is 4. The normalized spacial score (nSPS) is 11.0. The number of nitrogens with zero attached hydrogens (tertiary/aromatic N) is 1. The molecule has 0 saturated heterocycles. The minimum Gasteiger partial charge on any atom is -0.398 e. The van der Waals surface area contributed by atoms with Crippen LogP contribution in [0.25, 0.3) is 11.1 Å². The number of halogens is 1. The number of carbonyl (C=O) groups is 1. The number of hydrogen-bond donors (Lipinski definition) is 3. The maximum Gasteiger partial charge on any atom is 0.251 e. The Morgan fingerprint density at radius 3 is 2.69 bits per heavy atom. The van der Waals surface area contributed by atoms with Crippen LogP contribution in [0.3, 0.4) is 0 Å². The SMILES string of the molecule is Nc1cccc(-c2cccc(C(=O)NCCO)c2)c1C=NCc1ccccc1F. The second-order valence-electron chi connectivity index (χ2n) is 6.43. The molecule has 0 bridgehead atoms. The molecule has 6 heteroatoms. The molecule has 0 saturated carbocycles. The summed E-state index contributed by atoms with van der Waals surface area (Å²) in [6.07, 6.45) is 1.63. The topological polar surface area (TPSA) is 87.7 Å². The van der Waals surface area contributed by atoms with Crippen molar-refractivity contribution in [2.24, 2.45) is 4.99 Å². The van der Waals surface area contributed by atoms with Crippen molar-refractivity contribution in [2.45, 2.75) is 6.54 Å². The van der Waals surface area contributed by atoms with Gasteiger partial charge in [0.05, 0.1) is 13.2 Å². The van der Waals surface area contributed by atoms with E-state index < -0.39 is 0 Å². The molecule has 0 aliphatic carbocycles. The number of nitrogens with two attached hydrogens (primary N) is 1. The molecule has 1 amide bonds. The van der Waals surface area contributed by atoms with E-state index in [2.05, 4.69) is 10.3 Å². The molecule has 29 heavy (non-hydrogen) atoms. The first-order valence-corrected chi connectivity index (χ1v) is 9.21. The van der Waals surface area contributed by atoms with E-state index in [1.807, 2.05) is 18.2 Å². The average Bonchev–Trinajstić information content (AvgIpc) is 2.74. The molecule has 0 radical (unpaired) electrons. The summed E-state index contributed by atoms with van der Waals surface area (Å²) in [4.78, 5) is 16.6. The summed E-state index contributed by atoms with van der Waals surface area (Å²) in [6, 6.07) is 19.1. The highest BCUT2D eigenvalue weighted by molar-refractivity contribution is 5.99. The number of aliphatic hydroxyl groups excluding tert-OH is 1. The van der Waals surface area contributed by atoms with Crippen molar-refractivity contribution in [3.63, 3.8) is 0 Å². The van der Waals surface area contributed by atoms with E-state index in [1.165, 1.54) is 6.07 Å². The van der Waals surface area contributed by atoms with Crippen LogP contribution in [0, 0.1) is 5.82 Å². The number of aliphatic hydroxyl groups is 1. The van der Waals surface area contributed by atoms with E-state index in [0.29, 0.717) is 22.4 Å². The van der Waals surface area contributed by atoms with Crippen LogP contribution < -0.4 is 11.1 Å². The summed E-state index contributed by atoms with van der Waals surface area (Å²) in [6.45, 7) is 0.266. The summed E-state index contributed by atoms with van der Waals surface area (Å²) in [7, 11) is 0. The Balaban J connectivity index is 1.89. The van der Waals surface area contributed by atoms with Gasteiger partial charge >= 0.3 is 0 Å². The van der Waals surface area contributed by atoms with Crippen molar-refractivity contribution in [1.82, 2.24) is 5.32 Å². The number of aliphatic imine (C=N–C) groups is 1. The maximum absolute atomic E-state index is 13.8. The van der Waals surface area contributed by atoms with Gasteiger partial charge in [-0.05, 0) is 35.4 Å². The van der Waals surface area contributed by atoms with Crippen molar-refractivity contribution in [1.29, 1.82) is 0 Å². The molecule has 3 aromatic carbocycles. The predicted molar refractivity (Wildman–Crippen MR) is 113 cm³/mol. The summed E-state index contributed by atoms with van der Waals surface area (Å²) in [5.41, 5.74) is 10.0. The lowest BCUT2D eigenvalue weighted by Crippen LogP contribution is -2.26. The van der Waals surface area contributed by atoms with E-state index in [-0.39, 0.29) is 31.4 Å². The Morgan fingerprint density at radius 1 is 1.10 bits per heavy atom. The quantitative estimate of drug-likeness (QED) is 0.426. The molecule has 0 spiro atoms. The molecule has 148 valence electrons. The summed E-state index contributed by atoms with van der Waals surface area (Å²) in [5.74, 6) is -0.563. The largest absolute Gasteiger partial charge is 0.398 e. The molecule has 0 heterocycles. The van der Waals surface area contributed by atoms with Crippen LogP contribution in [-0.4, -0.2) is 30.4 Å². The van der Waals surface area contributed by atoms with Crippen LogP contribution in [0.2, 0.25) is 0 Å². The van der Waals surface area contributed by atoms with Crippen molar-refractivity contribution in [3.8, 4) is 11.1 Å². The smallest absolute Gasteiger partial charge is 0.251 e. The molecule has 3 aromatic rings. The minimum atomic E-state index is -0.299. The average molecular weight is 391 g/mol. The molecule has 0 aliphatic rings. The highest BCUT2D eigenvalue weighted by Crippen LogP contribution is 2.27. The van der Waals surface area contributed by atoms with Gasteiger partial charge in [0.2, 0.25) is 0 Å². The van der Waals surface area contributed by atoms with E-state index in [1.54, 1.807) is 48.7 Å². The minimum absolute atomic E-state index is 0.122. The van der Waals surface area contributed by atoms with Gasteiger partial charge in [-0.1, -0.05) is 42.5 Å². The van der Waals surface area contributed by atoms with E-state index in [0.717, 1.165) is 11.1 Å². The molecule has 0 fully saturated rings. The maximum atomic E-state index is 13.8. The van der Waals surface area contributed by atoms with Gasteiger partial charge < -0.3 is 16.2 Å². The Hall–Kier alpha value is -3.51. The van der Waals surface area contributed by atoms with Crippen LogP contribution in [0.4, 0.5) is 10.1 Å². The van der Waals surface area contributed by atoms with Gasteiger partial charge in [0.1, 0.15) is 5.82 Å². The fraction of sp³-hybridized carbons (Fsp3) is 0.130. The van der Waals surface area contributed by atoms with Gasteiger partial charge in [-0.2, -0.15) is 0 Å². The van der Waals surface area contributed by atoms with Crippen molar-refractivity contribution >= 4 is 17.8 Å². The number of nitrogen functional groups attached to an aromatic ring is 1. The van der Waals surface area contributed by atoms with E-state index in [9.17, 15) is 9.18 Å². The zero-order valence-electron chi connectivity index (χ0n) is 15.8. The summed E-state index contributed by atoms with van der Waals surface area (Å²) in [5, 5.41) is 11.5. The molecule has 4 N–H and O–H groups in total. The molecular weight excluding hydrogens is 369 g/mol. The van der Waals surface area contributed by atoms with Gasteiger partial charge in [-0.25, -0.2) is 4.39 Å². The third-order valence-corrected chi connectivity index (χ3v) is 4.41. The first kappa shape index (κ1) is 20.2. The molecule has 0 aliphatic heterocycles. The van der Waals surface area contributed by atoms with Gasteiger partial charge in [-0.15, -0.1) is 0 Å². The second kappa shape index (κ2) is 9.61. The number of rotatable bonds is 7. The number of amides is 1. The van der Waals surface area contributed by atoms with Crippen molar-refractivity contribution in [3.05, 3.63) is 89.2 Å². The summed E-state index contributed by atoms with van der Waals surface area (Å²) < 4.78 is 13.8. The van der Waals surface area contributed by atoms with Crippen molar-refractivity contribution in [2.75, 3.05) is 18.9 Å². The fourth-order valence-electron chi connectivity index (χ4n) is 2.94. The second-order valence-corrected chi connectivity index (χ2v) is 6.43. The van der Waals surface area contributed by atoms with Crippen LogP contribution in [-0.2, 0) is 6.54 Å². The zero-order chi connectivity index (χ0) is 20.6. The monoisotopic (exact) mass is 391 g/mol. The lowest BCUT2D eigenvalue weighted by molar-refractivity contribution is 0.0945. The highest BCUT2D eigenvalue weighted by atomic mass is 19.1. The van der Waals surface area contributed by atoms with Crippen LogP contribution >= 0.6 is 0 Å². The van der Waals surface area contributed by atoms with E-state index >= 15 is 0 Å². The van der Waals surface area contributed by atoms with Crippen LogP contribution in [0.5, 0.6) is 0 Å². The molecule has 3 rings (SSSR count). The van der Waals surface area contributed by atoms with Gasteiger partial charge in [0, 0.05) is 35.1 Å². The fourth-order valence-corrected chi connectivity index (χ4v) is 2.94. The molecular formula is C23H22FN3O2. The lowest BCUT2D eigenvalue weighted by Gasteiger charge is -2.11. The van der Waals surface area contributed by atoms with Crippen molar-refractivity contribution < 1.29 is 14.3 Å². The van der Waals surface area contributed by atoms with Gasteiger partial charge in [0.25, 0.3) is 5.91 Å². The Kier molecular flexibility index (Phi) is 6.71. The van der Waals surface area contributed by atoms with Crippen LogP contribution in [0.15, 0.2) is 71.7 Å². The Labute approximate surface area is 168 Å². The number of nitrogens with one attached hydrogen (secondary N) is 1. The molecule has 0 aromatic heterocycles. The molecule has 5 nitrogen and oxygen atoms in total. The Bertz CT molecular complexity index is 1030.